The molecule has 0 saturated carbocycles. The minimum absolute atomic E-state index is 0.810. The highest BCUT2D eigenvalue weighted by molar-refractivity contribution is 5.85. The van der Waals surface area contributed by atoms with Gasteiger partial charge in [-0.3, -0.25) is 0 Å². The maximum atomic E-state index is 4.53. The molecule has 7 rings (SSSR count). The van der Waals surface area contributed by atoms with E-state index in [2.05, 4.69) is 217 Å². The van der Waals surface area contributed by atoms with Crippen LogP contribution in [0.3, 0.4) is 0 Å². The van der Waals surface area contributed by atoms with Gasteiger partial charge in [-0.05, 0) is 115 Å². The lowest BCUT2D eigenvalue weighted by atomic mass is 9.88. The predicted octanol–water partition coefficient (Wildman–Crippen LogP) is 13.7. The number of para-hydroxylation sites is 3. The van der Waals surface area contributed by atoms with Crippen molar-refractivity contribution < 1.29 is 0 Å². The van der Waals surface area contributed by atoms with Crippen molar-refractivity contribution in [2.45, 2.75) is 46.6 Å². The Balaban J connectivity index is 0.00000288. The maximum Gasteiger partial charge on any atom is 0.0643 e. The second-order valence-corrected chi connectivity index (χ2v) is 14.5. The lowest BCUT2D eigenvalue weighted by Crippen LogP contribution is -2.20. The first-order valence-corrected chi connectivity index (χ1v) is 20.8. The molecule has 300 valence electrons. The van der Waals surface area contributed by atoms with Crippen molar-refractivity contribution in [2.75, 3.05) is 41.2 Å². The van der Waals surface area contributed by atoms with Crippen molar-refractivity contribution in [3.05, 3.63) is 222 Å². The van der Waals surface area contributed by atoms with Crippen molar-refractivity contribution in [1.29, 1.82) is 0 Å². The monoisotopic (exact) mass is 777 g/mol. The highest BCUT2D eigenvalue weighted by atomic mass is 15.2. The molecular weight excluding hydrogens is 719 g/mol. The molecule has 0 bridgehead atoms. The van der Waals surface area contributed by atoms with E-state index in [0.29, 0.717) is 0 Å². The van der Waals surface area contributed by atoms with E-state index in [1.54, 1.807) is 0 Å². The summed E-state index contributed by atoms with van der Waals surface area (Å²) in [5.74, 6) is 0. The van der Waals surface area contributed by atoms with Gasteiger partial charge < -0.3 is 25.3 Å². The topological polar surface area (TPSA) is 33.8 Å². The molecule has 0 unspecified atom stereocenters. The molecule has 1 aliphatic carbocycles. The summed E-state index contributed by atoms with van der Waals surface area (Å²) < 4.78 is 0. The highest BCUT2D eigenvalue weighted by Gasteiger charge is 2.20. The fraction of sp³-hybridized carbons (Fsp3) is 0.185. The van der Waals surface area contributed by atoms with E-state index in [1.165, 1.54) is 39.1 Å². The zero-order valence-corrected chi connectivity index (χ0v) is 35.6. The second kappa shape index (κ2) is 20.6. The summed E-state index contributed by atoms with van der Waals surface area (Å²) in [5, 5.41) is 6.86. The third-order valence-electron chi connectivity index (χ3n) is 10.7. The molecule has 0 radical (unpaired) electrons. The quantitative estimate of drug-likeness (QED) is 0.123. The molecular formula is C54H59N5. The molecule has 0 spiro atoms. The van der Waals surface area contributed by atoms with Crippen LogP contribution in [-0.4, -0.2) is 21.1 Å². The average molecular weight is 778 g/mol. The number of nitrogens with zero attached hydrogens (tertiary/aromatic N) is 3. The van der Waals surface area contributed by atoms with Crippen molar-refractivity contribution in [3.8, 4) is 0 Å². The van der Waals surface area contributed by atoms with Crippen molar-refractivity contribution in [3.63, 3.8) is 0 Å². The molecule has 5 aromatic carbocycles. The van der Waals surface area contributed by atoms with Crippen LogP contribution < -0.4 is 25.3 Å². The summed E-state index contributed by atoms with van der Waals surface area (Å²) in [6, 6.07) is 45.2. The minimum atomic E-state index is 0.810. The average Bonchev–Trinajstić information content (AvgIpc) is 3.35. The van der Waals surface area contributed by atoms with Crippen LogP contribution in [0.25, 0.3) is 5.57 Å². The van der Waals surface area contributed by atoms with Gasteiger partial charge in [0.1, 0.15) is 0 Å². The summed E-state index contributed by atoms with van der Waals surface area (Å²) >= 11 is 0. The number of hydrogen-bond donors (Lipinski definition) is 2. The highest BCUT2D eigenvalue weighted by Crippen LogP contribution is 2.40. The molecule has 2 N–H and O–H groups in total. The van der Waals surface area contributed by atoms with Crippen molar-refractivity contribution in [1.82, 2.24) is 5.32 Å². The number of nitrogens with one attached hydrogen (secondary N) is 2. The Hall–Kier alpha value is -6.72. The van der Waals surface area contributed by atoms with Crippen LogP contribution in [0.5, 0.6) is 0 Å². The summed E-state index contributed by atoms with van der Waals surface area (Å²) in [4.78, 5) is 6.87. The lowest BCUT2D eigenvalue weighted by molar-refractivity contribution is 0.924. The number of fused-ring (bicyclic) bond motifs is 1. The van der Waals surface area contributed by atoms with Crippen LogP contribution in [0, 0.1) is 0 Å². The minimum Gasteiger partial charge on any atom is -0.394 e. The Labute approximate surface area is 353 Å². The van der Waals surface area contributed by atoms with Crippen LogP contribution in [-0.2, 0) is 13.0 Å². The molecule has 1 heterocycles. The third kappa shape index (κ3) is 10.2. The number of hydrogen-bond acceptors (Lipinski definition) is 5. The van der Waals surface area contributed by atoms with Gasteiger partial charge >= 0.3 is 0 Å². The molecule has 0 aromatic heterocycles. The van der Waals surface area contributed by atoms with E-state index in [-0.39, 0.29) is 0 Å². The fourth-order valence-corrected chi connectivity index (χ4v) is 7.68. The lowest BCUT2D eigenvalue weighted by Gasteiger charge is -2.28. The van der Waals surface area contributed by atoms with Gasteiger partial charge in [0.15, 0.2) is 0 Å². The number of benzene rings is 5. The van der Waals surface area contributed by atoms with Gasteiger partial charge in [-0.15, -0.1) is 0 Å². The van der Waals surface area contributed by atoms with Gasteiger partial charge in [0.2, 0.25) is 0 Å². The molecule has 5 heteroatoms. The Morgan fingerprint density at radius 1 is 0.763 bits per heavy atom. The SMILES string of the molecule is C=C1/C=C\C(C2=CC=C(c3ccccc3N(C)c3ccc(N(C)Cc4ccccc4)c(Nc4ccccc4)c3)CC2)=C/Cc2ccccc2N1C(/C=C\NC)=C/C.CC. The van der Waals surface area contributed by atoms with Crippen molar-refractivity contribution >= 4 is 39.7 Å². The van der Waals surface area contributed by atoms with Gasteiger partial charge in [-0.2, -0.15) is 0 Å². The predicted molar refractivity (Wildman–Crippen MR) is 257 cm³/mol. The number of rotatable bonds is 12. The van der Waals surface area contributed by atoms with Gasteiger partial charge in [-0.1, -0.05) is 136 Å². The van der Waals surface area contributed by atoms with Crippen LogP contribution in [0.4, 0.5) is 34.1 Å². The summed E-state index contributed by atoms with van der Waals surface area (Å²) in [7, 11) is 6.25. The first-order valence-electron chi connectivity index (χ1n) is 20.8. The molecule has 0 amide bonds. The van der Waals surface area contributed by atoms with E-state index < -0.39 is 0 Å². The van der Waals surface area contributed by atoms with Gasteiger partial charge in [0.25, 0.3) is 0 Å². The molecule has 5 nitrogen and oxygen atoms in total. The van der Waals surface area contributed by atoms with E-state index in [9.17, 15) is 0 Å². The standard InChI is InChI=1S/C52H53N5.C2H6/c1-6-46(35-36-53-3)57-39(2)25-26-41(29-32-44-19-13-15-23-50(44)57)42-27-30-43(31-28-42)48-22-14-16-24-51(48)56(5)47-33-34-52(55(4)38-40-17-9-7-10-18-40)49(37-47)54-45-20-11-8-12-21-45;1-2/h6-27,29-30,33-37,53-54H,2,28,31-32,38H2,1,3-5H3;1-2H3/b26-25-,36-35-,41-29+,46-6+;. The fourth-order valence-electron chi connectivity index (χ4n) is 7.68. The zero-order valence-electron chi connectivity index (χ0n) is 35.6. The first kappa shape index (κ1) is 41.9. The molecule has 0 atom stereocenters. The van der Waals surface area contributed by atoms with Crippen LogP contribution in [0.1, 0.15) is 50.3 Å². The molecule has 59 heavy (non-hydrogen) atoms. The Morgan fingerprint density at radius 3 is 2.17 bits per heavy atom. The normalized spacial score (nSPS) is 15.5. The number of allylic oxidation sites excluding steroid dienone is 10. The molecule has 2 aliphatic rings. The molecule has 0 saturated heterocycles. The Morgan fingerprint density at radius 2 is 1.44 bits per heavy atom. The van der Waals surface area contributed by atoms with E-state index in [4.69, 9.17) is 0 Å². The van der Waals surface area contributed by atoms with Crippen LogP contribution >= 0.6 is 0 Å². The smallest absolute Gasteiger partial charge is 0.0643 e. The molecule has 1 aliphatic heterocycles. The van der Waals surface area contributed by atoms with E-state index in [0.717, 1.165) is 65.6 Å². The largest absolute Gasteiger partial charge is 0.394 e. The second-order valence-electron chi connectivity index (χ2n) is 14.5. The zero-order chi connectivity index (χ0) is 41.6. The van der Waals surface area contributed by atoms with Crippen LogP contribution in [0.2, 0.25) is 0 Å². The summed E-state index contributed by atoms with van der Waals surface area (Å²) in [6.07, 6.45) is 20.3. The number of anilines is 6. The van der Waals surface area contributed by atoms with Crippen molar-refractivity contribution in [2.24, 2.45) is 0 Å². The third-order valence-corrected chi connectivity index (χ3v) is 10.7. The van der Waals surface area contributed by atoms with E-state index >= 15 is 0 Å². The van der Waals surface area contributed by atoms with Gasteiger partial charge in [-0.25, -0.2) is 0 Å². The molecule has 0 fully saturated rings. The maximum absolute atomic E-state index is 4.53. The first-order chi connectivity index (χ1) is 28.9. The summed E-state index contributed by atoms with van der Waals surface area (Å²) in [6.45, 7) is 11.4. The van der Waals surface area contributed by atoms with Crippen LogP contribution in [0.15, 0.2) is 205 Å². The Bertz CT molecular complexity index is 2380. The van der Waals surface area contributed by atoms with E-state index in [1.807, 2.05) is 33.2 Å². The Kier molecular flexibility index (Phi) is 14.6. The summed E-state index contributed by atoms with van der Waals surface area (Å²) in [5.41, 5.74) is 16.4. The van der Waals surface area contributed by atoms with Gasteiger partial charge in [0, 0.05) is 67.4 Å². The molecule has 5 aromatic rings. The van der Waals surface area contributed by atoms with Gasteiger partial charge in [0.05, 0.1) is 11.4 Å².